The summed E-state index contributed by atoms with van der Waals surface area (Å²) in [4.78, 5) is 15.3. The maximum atomic E-state index is 5.33. The Morgan fingerprint density at radius 2 is 0.849 bits per heavy atom. The summed E-state index contributed by atoms with van der Waals surface area (Å²) in [5.74, 6) is 0.712. The molecule has 3 aromatic heterocycles. The summed E-state index contributed by atoms with van der Waals surface area (Å²) in [5.41, 5.74) is 13.6. The van der Waals surface area contributed by atoms with Gasteiger partial charge in [-0.3, -0.25) is 0 Å². The van der Waals surface area contributed by atoms with Crippen LogP contribution in [0.4, 0.5) is 0 Å². The van der Waals surface area contributed by atoms with Crippen molar-refractivity contribution in [1.82, 2.24) is 19.5 Å². The van der Waals surface area contributed by atoms with E-state index in [1.165, 1.54) is 16.3 Å². The van der Waals surface area contributed by atoms with Gasteiger partial charge in [0.15, 0.2) is 5.82 Å². The molecule has 0 aliphatic carbocycles. The predicted molar refractivity (Wildman–Crippen MR) is 219 cm³/mol. The second-order valence-corrected chi connectivity index (χ2v) is 13.2. The van der Waals surface area contributed by atoms with Crippen LogP contribution < -0.4 is 0 Å². The van der Waals surface area contributed by atoms with E-state index in [1.54, 1.807) is 0 Å². The quantitative estimate of drug-likeness (QED) is 0.176. The molecule has 10 rings (SSSR count). The average molecular weight is 677 g/mol. The summed E-state index contributed by atoms with van der Waals surface area (Å²) in [5, 5.41) is 3.60. The molecule has 0 unspecified atom stereocenters. The third-order valence-electron chi connectivity index (χ3n) is 10.0. The van der Waals surface area contributed by atoms with E-state index in [9.17, 15) is 0 Å². The molecule has 248 valence electrons. The predicted octanol–water partition coefficient (Wildman–Crippen LogP) is 12.5. The molecule has 0 radical (unpaired) electrons. The Labute approximate surface area is 307 Å². The van der Waals surface area contributed by atoms with Crippen LogP contribution in [-0.4, -0.2) is 19.5 Å². The van der Waals surface area contributed by atoms with Gasteiger partial charge in [0, 0.05) is 44.1 Å². The third kappa shape index (κ3) is 5.45. The average Bonchev–Trinajstić information content (AvgIpc) is 3.60. The van der Waals surface area contributed by atoms with Gasteiger partial charge in [0.1, 0.15) is 0 Å². The molecule has 0 spiro atoms. The summed E-state index contributed by atoms with van der Waals surface area (Å²) >= 11 is 0. The Morgan fingerprint density at radius 3 is 1.51 bits per heavy atom. The van der Waals surface area contributed by atoms with Gasteiger partial charge in [-0.05, 0) is 41.5 Å². The molecule has 0 atom stereocenters. The van der Waals surface area contributed by atoms with E-state index in [2.05, 4.69) is 162 Å². The first kappa shape index (κ1) is 30.6. The minimum atomic E-state index is 0.712. The number of benzene rings is 7. The topological polar surface area (TPSA) is 43.6 Å². The molecule has 0 N–H and O–H groups in total. The summed E-state index contributed by atoms with van der Waals surface area (Å²) in [6, 6.07) is 67.8. The molecule has 3 heterocycles. The number of rotatable bonds is 6. The van der Waals surface area contributed by atoms with Crippen molar-refractivity contribution in [3.05, 3.63) is 194 Å². The minimum Gasteiger partial charge on any atom is -0.307 e. The first-order chi connectivity index (χ1) is 26.3. The molecule has 0 aliphatic rings. The van der Waals surface area contributed by atoms with Gasteiger partial charge in [0.25, 0.3) is 0 Å². The van der Waals surface area contributed by atoms with Crippen molar-refractivity contribution in [3.8, 4) is 62.0 Å². The van der Waals surface area contributed by atoms with Crippen LogP contribution in [0.5, 0.6) is 0 Å². The smallest absolute Gasteiger partial charge is 0.160 e. The van der Waals surface area contributed by atoms with Crippen LogP contribution in [0.3, 0.4) is 0 Å². The maximum Gasteiger partial charge on any atom is 0.160 e. The van der Waals surface area contributed by atoms with Crippen LogP contribution in [0.2, 0.25) is 0 Å². The number of fused-ring (bicyclic) bond motifs is 5. The number of pyridine rings is 1. The summed E-state index contributed by atoms with van der Waals surface area (Å²) < 4.78 is 2.37. The highest BCUT2D eigenvalue weighted by Crippen LogP contribution is 2.41. The SMILES string of the molecule is c1ccc(-c2cc(-c3ccc(-c4ccc(-c5nc6ccccc6c6c7ccccc7n(-c7ccccc7)c56)cc4)cc3)nc(-c3ccccc3)n2)cc1. The molecule has 10 aromatic rings. The molecule has 0 bridgehead atoms. The fraction of sp³-hybridized carbons (Fsp3) is 0. The van der Waals surface area contributed by atoms with Gasteiger partial charge in [-0.2, -0.15) is 0 Å². The monoisotopic (exact) mass is 676 g/mol. The zero-order valence-electron chi connectivity index (χ0n) is 28.8. The van der Waals surface area contributed by atoms with Crippen molar-refractivity contribution in [2.75, 3.05) is 0 Å². The summed E-state index contributed by atoms with van der Waals surface area (Å²) in [6.45, 7) is 0. The number of hydrogen-bond donors (Lipinski definition) is 0. The van der Waals surface area contributed by atoms with Crippen molar-refractivity contribution in [3.63, 3.8) is 0 Å². The fourth-order valence-corrected chi connectivity index (χ4v) is 7.46. The van der Waals surface area contributed by atoms with Crippen molar-refractivity contribution in [2.24, 2.45) is 0 Å². The highest BCUT2D eigenvalue weighted by molar-refractivity contribution is 6.23. The van der Waals surface area contributed by atoms with E-state index >= 15 is 0 Å². The molecule has 0 fully saturated rings. The van der Waals surface area contributed by atoms with Crippen LogP contribution in [0.25, 0.3) is 94.7 Å². The zero-order valence-corrected chi connectivity index (χ0v) is 28.8. The van der Waals surface area contributed by atoms with E-state index in [1.807, 2.05) is 36.4 Å². The molecule has 4 nitrogen and oxygen atoms in total. The van der Waals surface area contributed by atoms with E-state index in [4.69, 9.17) is 15.0 Å². The van der Waals surface area contributed by atoms with Crippen LogP contribution in [-0.2, 0) is 0 Å². The number of para-hydroxylation sites is 3. The second-order valence-electron chi connectivity index (χ2n) is 13.2. The summed E-state index contributed by atoms with van der Waals surface area (Å²) in [7, 11) is 0. The van der Waals surface area contributed by atoms with E-state index in [-0.39, 0.29) is 0 Å². The van der Waals surface area contributed by atoms with Gasteiger partial charge < -0.3 is 4.57 Å². The molecule has 0 saturated carbocycles. The van der Waals surface area contributed by atoms with Crippen molar-refractivity contribution >= 4 is 32.7 Å². The molecular formula is C49H32N4. The van der Waals surface area contributed by atoms with Gasteiger partial charge in [-0.1, -0.05) is 164 Å². The minimum absolute atomic E-state index is 0.712. The van der Waals surface area contributed by atoms with Gasteiger partial charge in [-0.15, -0.1) is 0 Å². The van der Waals surface area contributed by atoms with Gasteiger partial charge in [0.05, 0.1) is 33.6 Å². The van der Waals surface area contributed by atoms with E-state index in [0.717, 1.165) is 72.6 Å². The molecule has 0 saturated heterocycles. The van der Waals surface area contributed by atoms with E-state index in [0.29, 0.717) is 5.82 Å². The van der Waals surface area contributed by atoms with Gasteiger partial charge in [0.2, 0.25) is 0 Å². The molecule has 53 heavy (non-hydrogen) atoms. The molecular weight excluding hydrogens is 645 g/mol. The normalized spacial score (nSPS) is 11.4. The van der Waals surface area contributed by atoms with E-state index < -0.39 is 0 Å². The van der Waals surface area contributed by atoms with Gasteiger partial charge in [-0.25, -0.2) is 15.0 Å². The van der Waals surface area contributed by atoms with Crippen LogP contribution in [0, 0.1) is 0 Å². The van der Waals surface area contributed by atoms with Gasteiger partial charge >= 0.3 is 0 Å². The standard InChI is InChI=1S/C49H32N4/c1-4-14-35(15-5-1)43-32-44(52-49(51-43)38-16-6-2-7-17-38)36-28-24-33(25-29-36)34-26-30-37(31-27-34)47-48-46(40-20-10-12-22-42(40)50-47)41-21-11-13-23-45(41)53(48)39-18-8-3-9-19-39/h1-32H. The highest BCUT2D eigenvalue weighted by atomic mass is 15.0. The highest BCUT2D eigenvalue weighted by Gasteiger charge is 2.20. The molecule has 7 aromatic carbocycles. The Hall–Kier alpha value is -7.17. The number of hydrogen-bond acceptors (Lipinski definition) is 3. The summed E-state index contributed by atoms with van der Waals surface area (Å²) in [6.07, 6.45) is 0. The second kappa shape index (κ2) is 12.9. The Balaban J connectivity index is 1.06. The van der Waals surface area contributed by atoms with Crippen LogP contribution in [0.15, 0.2) is 194 Å². The number of nitrogens with zero attached hydrogens (tertiary/aromatic N) is 4. The maximum absolute atomic E-state index is 5.33. The third-order valence-corrected chi connectivity index (χ3v) is 10.0. The Kier molecular flexibility index (Phi) is 7.43. The largest absolute Gasteiger partial charge is 0.307 e. The lowest BCUT2D eigenvalue weighted by atomic mass is 9.99. The lowest BCUT2D eigenvalue weighted by Gasteiger charge is -2.13. The van der Waals surface area contributed by atoms with Crippen molar-refractivity contribution in [2.45, 2.75) is 0 Å². The lowest BCUT2D eigenvalue weighted by molar-refractivity contribution is 1.17. The molecule has 0 aliphatic heterocycles. The molecule has 4 heteroatoms. The first-order valence-electron chi connectivity index (χ1n) is 17.9. The Bertz CT molecular complexity index is 2840. The van der Waals surface area contributed by atoms with Crippen LogP contribution in [0.1, 0.15) is 0 Å². The van der Waals surface area contributed by atoms with Crippen molar-refractivity contribution < 1.29 is 0 Å². The first-order valence-corrected chi connectivity index (χ1v) is 17.9. The number of aromatic nitrogens is 4. The van der Waals surface area contributed by atoms with Crippen molar-refractivity contribution in [1.29, 1.82) is 0 Å². The lowest BCUT2D eigenvalue weighted by Crippen LogP contribution is -1.97. The van der Waals surface area contributed by atoms with Crippen LogP contribution >= 0.6 is 0 Å². The fourth-order valence-electron chi connectivity index (χ4n) is 7.46. The Morgan fingerprint density at radius 1 is 0.358 bits per heavy atom. The molecule has 0 amide bonds. The zero-order chi connectivity index (χ0) is 35.1.